The minimum Gasteiger partial charge on any atom is -0.327 e. The summed E-state index contributed by atoms with van der Waals surface area (Å²) >= 11 is 1.68. The fourth-order valence-corrected chi connectivity index (χ4v) is 2.39. The molecule has 1 nitrogen and oxygen atoms in total. The normalized spacial score (nSPS) is 12.6. The van der Waals surface area contributed by atoms with Crippen molar-refractivity contribution >= 4 is 11.3 Å². The molecule has 0 aliphatic rings. The van der Waals surface area contributed by atoms with Crippen LogP contribution in [0.25, 0.3) is 0 Å². The van der Waals surface area contributed by atoms with Gasteiger partial charge < -0.3 is 5.73 Å². The predicted molar refractivity (Wildman–Crippen MR) is 66.1 cm³/mol. The van der Waals surface area contributed by atoms with Gasteiger partial charge in [0, 0.05) is 6.04 Å². The third-order valence-corrected chi connectivity index (χ3v) is 3.22. The highest BCUT2D eigenvalue weighted by atomic mass is 32.1. The maximum absolute atomic E-state index is 12.7. The van der Waals surface area contributed by atoms with Crippen molar-refractivity contribution in [2.24, 2.45) is 5.73 Å². The van der Waals surface area contributed by atoms with Crippen molar-refractivity contribution in [3.63, 3.8) is 0 Å². The molecule has 1 atom stereocenters. The molecule has 0 saturated carbocycles. The summed E-state index contributed by atoms with van der Waals surface area (Å²) in [6, 6.07) is 8.74. The van der Waals surface area contributed by atoms with Gasteiger partial charge in [0.25, 0.3) is 0 Å². The fourth-order valence-electron chi connectivity index (χ4n) is 1.71. The molecule has 0 amide bonds. The van der Waals surface area contributed by atoms with Gasteiger partial charge >= 0.3 is 0 Å². The zero-order valence-corrected chi connectivity index (χ0v) is 9.71. The molecular formula is C13H14FNS. The fraction of sp³-hybridized carbons (Fsp3) is 0.231. The molecule has 84 valence electrons. The molecule has 2 N–H and O–H groups in total. The molecule has 2 aromatic rings. The molecule has 1 heterocycles. The first-order valence-corrected chi connectivity index (χ1v) is 6.19. The van der Waals surface area contributed by atoms with Crippen molar-refractivity contribution in [1.29, 1.82) is 0 Å². The largest absolute Gasteiger partial charge is 0.327 e. The highest BCUT2D eigenvalue weighted by molar-refractivity contribution is 7.07. The van der Waals surface area contributed by atoms with E-state index in [2.05, 4.69) is 16.8 Å². The molecule has 1 aromatic carbocycles. The maximum Gasteiger partial charge on any atom is 0.123 e. The Hall–Kier alpha value is -1.19. The molecule has 1 aromatic heterocycles. The van der Waals surface area contributed by atoms with Gasteiger partial charge in [-0.25, -0.2) is 4.39 Å². The van der Waals surface area contributed by atoms with Crippen LogP contribution >= 0.6 is 11.3 Å². The summed E-state index contributed by atoms with van der Waals surface area (Å²) in [5.74, 6) is -0.199. The van der Waals surface area contributed by atoms with E-state index < -0.39 is 0 Å². The number of hydrogen-bond acceptors (Lipinski definition) is 2. The van der Waals surface area contributed by atoms with Crippen LogP contribution in [0.5, 0.6) is 0 Å². The molecule has 0 saturated heterocycles. The first-order chi connectivity index (χ1) is 7.74. The van der Waals surface area contributed by atoms with Crippen LogP contribution in [0.2, 0.25) is 0 Å². The second-order valence-corrected chi connectivity index (χ2v) is 4.71. The van der Waals surface area contributed by atoms with Crippen molar-refractivity contribution in [2.75, 3.05) is 0 Å². The third kappa shape index (κ3) is 3.15. The summed E-state index contributed by atoms with van der Waals surface area (Å²) in [6.45, 7) is 0. The Morgan fingerprint density at radius 3 is 2.38 bits per heavy atom. The number of hydrogen-bond donors (Lipinski definition) is 1. The molecule has 0 fully saturated rings. The molecule has 2 rings (SSSR count). The molecule has 0 bridgehead atoms. The lowest BCUT2D eigenvalue weighted by atomic mass is 10.0. The highest BCUT2D eigenvalue weighted by Gasteiger charge is 2.05. The second-order valence-electron chi connectivity index (χ2n) is 3.93. The van der Waals surface area contributed by atoms with Crippen LogP contribution in [-0.4, -0.2) is 6.04 Å². The lowest BCUT2D eigenvalue weighted by molar-refractivity contribution is 0.623. The summed E-state index contributed by atoms with van der Waals surface area (Å²) in [4.78, 5) is 0. The van der Waals surface area contributed by atoms with Gasteiger partial charge in [-0.05, 0) is 52.9 Å². The van der Waals surface area contributed by atoms with Crippen LogP contribution in [-0.2, 0) is 12.8 Å². The lowest BCUT2D eigenvalue weighted by Crippen LogP contribution is -2.25. The average Bonchev–Trinajstić information content (AvgIpc) is 2.74. The molecule has 3 heteroatoms. The van der Waals surface area contributed by atoms with Crippen LogP contribution in [0.15, 0.2) is 41.1 Å². The van der Waals surface area contributed by atoms with Crippen molar-refractivity contribution < 1.29 is 4.39 Å². The van der Waals surface area contributed by atoms with Crippen LogP contribution in [0.3, 0.4) is 0 Å². The van der Waals surface area contributed by atoms with Gasteiger partial charge in [0.1, 0.15) is 5.82 Å². The molecule has 1 unspecified atom stereocenters. The number of thiophene rings is 1. The van der Waals surface area contributed by atoms with Gasteiger partial charge in [0.2, 0.25) is 0 Å². The van der Waals surface area contributed by atoms with E-state index >= 15 is 0 Å². The Morgan fingerprint density at radius 2 is 1.75 bits per heavy atom. The Bertz CT molecular complexity index is 422. The number of nitrogens with two attached hydrogens (primary N) is 1. The van der Waals surface area contributed by atoms with Gasteiger partial charge in [-0.3, -0.25) is 0 Å². The van der Waals surface area contributed by atoms with E-state index in [4.69, 9.17) is 5.73 Å². The monoisotopic (exact) mass is 235 g/mol. The highest BCUT2D eigenvalue weighted by Crippen LogP contribution is 2.11. The Balaban J connectivity index is 1.92. The average molecular weight is 235 g/mol. The number of rotatable bonds is 4. The summed E-state index contributed by atoms with van der Waals surface area (Å²) in [7, 11) is 0. The second kappa shape index (κ2) is 5.23. The van der Waals surface area contributed by atoms with Crippen LogP contribution in [0.4, 0.5) is 4.39 Å². The quantitative estimate of drug-likeness (QED) is 0.866. The first kappa shape index (κ1) is 11.3. The first-order valence-electron chi connectivity index (χ1n) is 5.25. The minimum atomic E-state index is -0.199. The maximum atomic E-state index is 12.7. The van der Waals surface area contributed by atoms with Gasteiger partial charge in [-0.2, -0.15) is 11.3 Å². The summed E-state index contributed by atoms with van der Waals surface area (Å²) in [6.07, 6.45) is 1.66. The van der Waals surface area contributed by atoms with Crippen LogP contribution in [0.1, 0.15) is 11.1 Å². The topological polar surface area (TPSA) is 26.0 Å². The zero-order chi connectivity index (χ0) is 11.4. The van der Waals surface area contributed by atoms with Crippen molar-refractivity contribution in [3.8, 4) is 0 Å². The van der Waals surface area contributed by atoms with Crippen LogP contribution < -0.4 is 5.73 Å². The predicted octanol–water partition coefficient (Wildman–Crippen LogP) is 3.00. The lowest BCUT2D eigenvalue weighted by Gasteiger charge is -2.10. The molecular weight excluding hydrogens is 221 g/mol. The van der Waals surface area contributed by atoms with E-state index in [1.54, 1.807) is 23.5 Å². The summed E-state index contributed by atoms with van der Waals surface area (Å²) in [5, 5.41) is 4.17. The van der Waals surface area contributed by atoms with Crippen molar-refractivity contribution in [2.45, 2.75) is 18.9 Å². The van der Waals surface area contributed by atoms with Gasteiger partial charge in [0.05, 0.1) is 0 Å². The Morgan fingerprint density at radius 1 is 1.06 bits per heavy atom. The summed E-state index contributed by atoms with van der Waals surface area (Å²) < 4.78 is 12.7. The molecule has 0 aliphatic heterocycles. The summed E-state index contributed by atoms with van der Waals surface area (Å²) in [5.41, 5.74) is 8.41. The third-order valence-electron chi connectivity index (χ3n) is 2.49. The number of halogens is 1. The smallest absolute Gasteiger partial charge is 0.123 e. The Kier molecular flexibility index (Phi) is 3.70. The van der Waals surface area contributed by atoms with E-state index in [1.807, 2.05) is 0 Å². The van der Waals surface area contributed by atoms with Crippen LogP contribution in [0, 0.1) is 5.82 Å². The number of benzene rings is 1. The minimum absolute atomic E-state index is 0.0973. The van der Waals surface area contributed by atoms with E-state index in [1.165, 1.54) is 17.7 Å². The van der Waals surface area contributed by atoms with E-state index in [-0.39, 0.29) is 11.9 Å². The van der Waals surface area contributed by atoms with Crippen molar-refractivity contribution in [3.05, 3.63) is 58.0 Å². The SMILES string of the molecule is NC(Cc1ccc(F)cc1)Cc1ccsc1. The molecule has 0 aliphatic carbocycles. The van der Waals surface area contributed by atoms with Crippen molar-refractivity contribution in [1.82, 2.24) is 0 Å². The van der Waals surface area contributed by atoms with E-state index in [0.717, 1.165) is 18.4 Å². The molecule has 0 spiro atoms. The Labute approximate surface area is 98.7 Å². The standard InChI is InChI=1S/C13H14FNS/c14-12-3-1-10(2-4-12)7-13(15)8-11-5-6-16-9-11/h1-6,9,13H,7-8,15H2. The van der Waals surface area contributed by atoms with Gasteiger partial charge in [0.15, 0.2) is 0 Å². The molecule has 0 radical (unpaired) electrons. The van der Waals surface area contributed by atoms with E-state index in [9.17, 15) is 4.39 Å². The van der Waals surface area contributed by atoms with Gasteiger partial charge in [-0.15, -0.1) is 0 Å². The zero-order valence-electron chi connectivity index (χ0n) is 8.90. The van der Waals surface area contributed by atoms with E-state index in [0.29, 0.717) is 0 Å². The molecule has 16 heavy (non-hydrogen) atoms. The van der Waals surface area contributed by atoms with Gasteiger partial charge in [-0.1, -0.05) is 12.1 Å².